The quantitative estimate of drug-likeness (QED) is 0.656. The summed E-state index contributed by atoms with van der Waals surface area (Å²) < 4.78 is 37.4. The Balaban J connectivity index is 2.02. The van der Waals surface area contributed by atoms with Crippen molar-refractivity contribution in [3.63, 3.8) is 0 Å². The van der Waals surface area contributed by atoms with E-state index in [-0.39, 0.29) is 23.9 Å². The van der Waals surface area contributed by atoms with Crippen LogP contribution in [0.1, 0.15) is 0 Å². The highest BCUT2D eigenvalue weighted by atomic mass is 32.2. The first kappa shape index (κ1) is 20.0. The minimum Gasteiger partial charge on any atom is -0.493 e. The Hall–Kier alpha value is -2.28. The minimum atomic E-state index is -3.64. The lowest BCUT2D eigenvalue weighted by Gasteiger charge is -2.33. The number of hydrogen-bond donors (Lipinski definition) is 1. The highest BCUT2D eigenvalue weighted by Crippen LogP contribution is 2.30. The van der Waals surface area contributed by atoms with Gasteiger partial charge in [0.15, 0.2) is 11.5 Å². The van der Waals surface area contributed by atoms with Crippen LogP contribution in [0, 0.1) is 12.3 Å². The summed E-state index contributed by atoms with van der Waals surface area (Å²) in [7, 11) is -0.694. The molecule has 0 unspecified atom stereocenters. The Labute approximate surface area is 154 Å². The number of carbonyl (C=O) groups excluding carboxylic acids is 1. The van der Waals surface area contributed by atoms with E-state index in [1.807, 2.05) is 4.90 Å². The van der Waals surface area contributed by atoms with Crippen molar-refractivity contribution in [3.05, 3.63) is 18.2 Å². The van der Waals surface area contributed by atoms with Crippen molar-refractivity contribution in [3.8, 4) is 23.8 Å². The molecule has 1 amide bonds. The maximum atomic E-state index is 12.8. The van der Waals surface area contributed by atoms with Crippen LogP contribution < -0.4 is 14.8 Å². The smallest absolute Gasteiger partial charge is 0.243 e. The van der Waals surface area contributed by atoms with Gasteiger partial charge in [-0.15, -0.1) is 6.42 Å². The largest absolute Gasteiger partial charge is 0.493 e. The van der Waals surface area contributed by atoms with Crippen LogP contribution >= 0.6 is 0 Å². The van der Waals surface area contributed by atoms with E-state index in [2.05, 4.69) is 11.2 Å². The van der Waals surface area contributed by atoms with Crippen molar-refractivity contribution in [2.45, 2.75) is 4.90 Å². The molecule has 9 heteroatoms. The number of terminal acetylenes is 1. The van der Waals surface area contributed by atoms with E-state index >= 15 is 0 Å². The van der Waals surface area contributed by atoms with Crippen LogP contribution in [-0.2, 0) is 14.8 Å². The van der Waals surface area contributed by atoms with Crippen LogP contribution in [0.5, 0.6) is 11.5 Å². The second-order valence-corrected chi connectivity index (χ2v) is 7.62. The van der Waals surface area contributed by atoms with Crippen molar-refractivity contribution < 1.29 is 22.7 Å². The van der Waals surface area contributed by atoms with Gasteiger partial charge < -0.3 is 14.8 Å². The first-order valence-corrected chi connectivity index (χ1v) is 9.51. The molecule has 26 heavy (non-hydrogen) atoms. The van der Waals surface area contributed by atoms with Crippen molar-refractivity contribution in [2.24, 2.45) is 0 Å². The van der Waals surface area contributed by atoms with Gasteiger partial charge >= 0.3 is 0 Å². The fraction of sp³-hybridized carbons (Fsp3) is 0.471. The molecule has 1 aliphatic heterocycles. The second-order valence-electron chi connectivity index (χ2n) is 5.68. The molecule has 0 aromatic heterocycles. The molecule has 1 aromatic carbocycles. The molecular weight excluding hydrogens is 358 g/mol. The fourth-order valence-corrected chi connectivity index (χ4v) is 4.10. The highest BCUT2D eigenvalue weighted by Gasteiger charge is 2.29. The van der Waals surface area contributed by atoms with Gasteiger partial charge in [0.1, 0.15) is 0 Å². The Bertz CT molecular complexity index is 780. The van der Waals surface area contributed by atoms with E-state index in [0.717, 1.165) is 0 Å². The number of nitrogens with zero attached hydrogens (tertiary/aromatic N) is 2. The number of sulfonamides is 1. The SMILES string of the molecule is C#CCNC(=O)CN1CCN(S(=O)(=O)c2ccc(OC)c(OC)c2)CC1. The molecule has 0 radical (unpaired) electrons. The third kappa shape index (κ3) is 4.66. The van der Waals surface area contributed by atoms with E-state index < -0.39 is 10.0 Å². The summed E-state index contributed by atoms with van der Waals surface area (Å²) in [5.41, 5.74) is 0. The lowest BCUT2D eigenvalue weighted by Crippen LogP contribution is -2.51. The molecule has 2 rings (SSSR count). The number of methoxy groups -OCH3 is 2. The molecule has 8 nitrogen and oxygen atoms in total. The molecule has 1 heterocycles. The number of benzene rings is 1. The van der Waals surface area contributed by atoms with Crippen molar-refractivity contribution in [2.75, 3.05) is 53.5 Å². The van der Waals surface area contributed by atoms with Crippen LogP contribution in [0.4, 0.5) is 0 Å². The maximum absolute atomic E-state index is 12.8. The number of nitrogens with one attached hydrogen (secondary N) is 1. The van der Waals surface area contributed by atoms with Gasteiger partial charge in [-0.05, 0) is 12.1 Å². The molecule has 142 valence electrons. The van der Waals surface area contributed by atoms with Crippen LogP contribution in [0.2, 0.25) is 0 Å². The summed E-state index contributed by atoms with van der Waals surface area (Å²) >= 11 is 0. The van der Waals surface area contributed by atoms with Gasteiger partial charge in [0, 0.05) is 32.2 Å². The van der Waals surface area contributed by atoms with Gasteiger partial charge in [-0.25, -0.2) is 8.42 Å². The number of amides is 1. The van der Waals surface area contributed by atoms with Crippen LogP contribution in [0.15, 0.2) is 23.1 Å². The summed E-state index contributed by atoms with van der Waals surface area (Å²) in [5, 5.41) is 2.60. The molecular formula is C17H23N3O5S. The zero-order valence-electron chi connectivity index (χ0n) is 14.9. The van der Waals surface area contributed by atoms with E-state index in [1.165, 1.54) is 30.7 Å². The third-order valence-corrected chi connectivity index (χ3v) is 5.97. The molecule has 1 aliphatic rings. The number of ether oxygens (including phenoxy) is 2. The maximum Gasteiger partial charge on any atom is 0.243 e. The zero-order chi connectivity index (χ0) is 19.2. The van der Waals surface area contributed by atoms with Crippen LogP contribution in [0.25, 0.3) is 0 Å². The summed E-state index contributed by atoms with van der Waals surface area (Å²) in [6, 6.07) is 4.52. The molecule has 0 spiro atoms. The molecule has 1 N–H and O–H groups in total. The predicted octanol–water partition coefficient (Wildman–Crippen LogP) is -0.240. The molecule has 1 fully saturated rings. The molecule has 0 bridgehead atoms. The first-order chi connectivity index (χ1) is 12.4. The number of carbonyl (C=O) groups is 1. The average Bonchev–Trinajstić information content (AvgIpc) is 2.66. The summed E-state index contributed by atoms with van der Waals surface area (Å²) in [6.45, 7) is 1.93. The summed E-state index contributed by atoms with van der Waals surface area (Å²) in [6.07, 6.45) is 5.10. The van der Waals surface area contributed by atoms with E-state index in [9.17, 15) is 13.2 Å². The van der Waals surface area contributed by atoms with Gasteiger partial charge in [-0.2, -0.15) is 4.31 Å². The Morgan fingerprint density at radius 1 is 1.19 bits per heavy atom. The number of hydrogen-bond acceptors (Lipinski definition) is 6. The lowest BCUT2D eigenvalue weighted by atomic mass is 10.3. The van der Waals surface area contributed by atoms with Gasteiger partial charge in [-0.1, -0.05) is 5.92 Å². The Morgan fingerprint density at radius 2 is 1.85 bits per heavy atom. The number of rotatable bonds is 7. The zero-order valence-corrected chi connectivity index (χ0v) is 15.7. The normalized spacial score (nSPS) is 15.9. The lowest BCUT2D eigenvalue weighted by molar-refractivity contribution is -0.122. The topological polar surface area (TPSA) is 88.2 Å². The monoisotopic (exact) mass is 381 g/mol. The highest BCUT2D eigenvalue weighted by molar-refractivity contribution is 7.89. The van der Waals surface area contributed by atoms with Crippen LogP contribution in [0.3, 0.4) is 0 Å². The molecule has 1 aromatic rings. The average molecular weight is 381 g/mol. The summed E-state index contributed by atoms with van der Waals surface area (Å²) in [4.78, 5) is 13.7. The summed E-state index contributed by atoms with van der Waals surface area (Å²) in [5.74, 6) is 3.00. The Kier molecular flexibility index (Phi) is 6.85. The minimum absolute atomic E-state index is 0.148. The van der Waals surface area contributed by atoms with E-state index in [0.29, 0.717) is 37.7 Å². The van der Waals surface area contributed by atoms with Gasteiger partial charge in [0.05, 0.1) is 32.2 Å². The second kappa shape index (κ2) is 8.89. The van der Waals surface area contributed by atoms with Gasteiger partial charge in [0.2, 0.25) is 15.9 Å². The molecule has 0 atom stereocenters. The number of piperazine rings is 1. The van der Waals surface area contributed by atoms with Gasteiger partial charge in [0.25, 0.3) is 0 Å². The predicted molar refractivity (Wildman–Crippen MR) is 96.6 cm³/mol. The van der Waals surface area contributed by atoms with Gasteiger partial charge in [-0.3, -0.25) is 9.69 Å². The van der Waals surface area contributed by atoms with Crippen molar-refractivity contribution in [1.82, 2.24) is 14.5 Å². The first-order valence-electron chi connectivity index (χ1n) is 8.07. The van der Waals surface area contributed by atoms with Crippen molar-refractivity contribution in [1.29, 1.82) is 0 Å². The Morgan fingerprint density at radius 3 is 2.42 bits per heavy atom. The molecule has 0 aliphatic carbocycles. The van der Waals surface area contributed by atoms with E-state index in [1.54, 1.807) is 6.07 Å². The molecule has 1 saturated heterocycles. The van der Waals surface area contributed by atoms with E-state index in [4.69, 9.17) is 15.9 Å². The fourth-order valence-electron chi connectivity index (χ4n) is 2.66. The van der Waals surface area contributed by atoms with Crippen molar-refractivity contribution >= 4 is 15.9 Å². The third-order valence-electron chi connectivity index (χ3n) is 4.08. The van der Waals surface area contributed by atoms with Crippen LogP contribution in [-0.4, -0.2) is 77.0 Å². The molecule has 0 saturated carbocycles. The standard InChI is InChI=1S/C17H23N3O5S/c1-4-7-18-17(21)13-19-8-10-20(11-9-19)26(22,23)14-5-6-15(24-2)16(12-14)25-3/h1,5-6,12H,7-11,13H2,2-3H3,(H,18,21).